The molecule has 35 heavy (non-hydrogen) atoms. The van der Waals surface area contributed by atoms with E-state index in [9.17, 15) is 9.18 Å². The zero-order valence-electron chi connectivity index (χ0n) is 19.8. The standard InChI is InChI=1S/C28H29FN4O2/c1-18-2-4-22(15-21(29)12-18)32-28(34)25-6-7-27(30)24-5-3-19(14-26(24)25)20-13-23(17-31-16-20)33-8-10-35-11-9-33/h3-6,12-14,16-17,21,30H,2,7-11,15H2,1H3,(H,32,34). The van der Waals surface area contributed by atoms with Gasteiger partial charge in [-0.05, 0) is 36.6 Å². The van der Waals surface area contributed by atoms with Crippen molar-refractivity contribution < 1.29 is 13.9 Å². The number of ether oxygens (including phenoxy) is 1. The van der Waals surface area contributed by atoms with Crippen molar-refractivity contribution in [3.63, 3.8) is 0 Å². The Morgan fingerprint density at radius 2 is 1.94 bits per heavy atom. The van der Waals surface area contributed by atoms with Gasteiger partial charge in [0, 0.05) is 60.2 Å². The van der Waals surface area contributed by atoms with E-state index in [1.165, 1.54) is 0 Å². The van der Waals surface area contributed by atoms with E-state index < -0.39 is 6.17 Å². The summed E-state index contributed by atoms with van der Waals surface area (Å²) in [7, 11) is 0. The molecule has 2 N–H and O–H groups in total. The second-order valence-electron chi connectivity index (χ2n) is 9.21. The molecule has 2 aliphatic carbocycles. The fraction of sp³-hybridized carbons (Fsp3) is 0.321. The molecule has 1 saturated heterocycles. The molecule has 1 unspecified atom stereocenters. The van der Waals surface area contributed by atoms with Gasteiger partial charge >= 0.3 is 0 Å². The van der Waals surface area contributed by atoms with Crippen LogP contribution in [0.5, 0.6) is 0 Å². The molecule has 180 valence electrons. The first-order valence-corrected chi connectivity index (χ1v) is 12.0. The summed E-state index contributed by atoms with van der Waals surface area (Å²) < 4.78 is 19.7. The number of aromatic nitrogens is 1. The van der Waals surface area contributed by atoms with E-state index in [0.717, 1.165) is 41.0 Å². The minimum absolute atomic E-state index is 0.152. The molecule has 1 aromatic carbocycles. The van der Waals surface area contributed by atoms with Crippen LogP contribution in [-0.4, -0.2) is 49.1 Å². The van der Waals surface area contributed by atoms with Crippen molar-refractivity contribution in [1.82, 2.24) is 10.3 Å². The van der Waals surface area contributed by atoms with Gasteiger partial charge in [-0.15, -0.1) is 0 Å². The molecule has 3 aliphatic rings. The molecule has 5 rings (SSSR count). The second kappa shape index (κ2) is 9.96. The lowest BCUT2D eigenvalue weighted by Crippen LogP contribution is -2.36. The summed E-state index contributed by atoms with van der Waals surface area (Å²) in [6.45, 7) is 4.94. The third-order valence-electron chi connectivity index (χ3n) is 6.65. The number of hydrogen-bond acceptors (Lipinski definition) is 5. The quantitative estimate of drug-likeness (QED) is 0.626. The van der Waals surface area contributed by atoms with Crippen molar-refractivity contribution in [2.75, 3.05) is 31.2 Å². The summed E-state index contributed by atoms with van der Waals surface area (Å²) in [6, 6.07) is 7.94. The third-order valence-corrected chi connectivity index (χ3v) is 6.65. The fourth-order valence-electron chi connectivity index (χ4n) is 4.76. The highest BCUT2D eigenvalue weighted by Crippen LogP contribution is 2.33. The third kappa shape index (κ3) is 5.10. The molecule has 0 saturated carbocycles. The second-order valence-corrected chi connectivity index (χ2v) is 9.21. The number of rotatable bonds is 4. The number of carbonyl (C=O) groups is 1. The van der Waals surface area contributed by atoms with Crippen LogP contribution in [0.3, 0.4) is 0 Å². The number of benzene rings is 1. The number of hydrogen-bond donors (Lipinski definition) is 2. The van der Waals surface area contributed by atoms with Crippen molar-refractivity contribution >= 4 is 22.9 Å². The predicted octanol–water partition coefficient (Wildman–Crippen LogP) is 4.82. The van der Waals surface area contributed by atoms with Gasteiger partial charge < -0.3 is 20.4 Å². The molecule has 1 fully saturated rings. The van der Waals surface area contributed by atoms with E-state index in [4.69, 9.17) is 10.1 Å². The number of nitrogens with one attached hydrogen (secondary N) is 2. The average molecular weight is 473 g/mol. The summed E-state index contributed by atoms with van der Waals surface area (Å²) >= 11 is 0. The molecule has 1 aromatic heterocycles. The van der Waals surface area contributed by atoms with Crippen LogP contribution in [0.25, 0.3) is 16.7 Å². The molecule has 1 amide bonds. The molecule has 0 spiro atoms. The Morgan fingerprint density at radius 1 is 1.11 bits per heavy atom. The van der Waals surface area contributed by atoms with Crippen molar-refractivity contribution in [1.29, 1.82) is 5.41 Å². The van der Waals surface area contributed by atoms with Crippen LogP contribution < -0.4 is 10.2 Å². The summed E-state index contributed by atoms with van der Waals surface area (Å²) in [4.78, 5) is 20.0. The number of pyridine rings is 1. The lowest BCUT2D eigenvalue weighted by molar-refractivity contribution is -0.115. The highest BCUT2D eigenvalue weighted by Gasteiger charge is 2.24. The molecule has 0 bridgehead atoms. The van der Waals surface area contributed by atoms with Crippen LogP contribution in [0, 0.1) is 5.41 Å². The normalized spacial score (nSPS) is 20.3. The lowest BCUT2D eigenvalue weighted by atomic mass is 9.86. The minimum atomic E-state index is -1.11. The van der Waals surface area contributed by atoms with Crippen molar-refractivity contribution in [3.8, 4) is 11.1 Å². The van der Waals surface area contributed by atoms with Gasteiger partial charge in [0.15, 0.2) is 0 Å². The summed E-state index contributed by atoms with van der Waals surface area (Å²) in [5.74, 6) is -0.269. The highest BCUT2D eigenvalue weighted by molar-refractivity contribution is 6.25. The van der Waals surface area contributed by atoms with E-state index in [0.29, 0.717) is 48.6 Å². The molecule has 2 heterocycles. The first kappa shape index (κ1) is 23.2. The SMILES string of the molecule is CC1=CC(F)CC(NC(=O)C2=CCC(=N)c3ccc(-c4cncc(N5CCOCC5)c4)cc32)=CC1. The van der Waals surface area contributed by atoms with Crippen LogP contribution in [0.2, 0.25) is 0 Å². The predicted molar refractivity (Wildman–Crippen MR) is 136 cm³/mol. The number of allylic oxidation sites excluding steroid dienone is 5. The Hall–Kier alpha value is -3.58. The van der Waals surface area contributed by atoms with Gasteiger partial charge in [0.05, 0.1) is 25.1 Å². The molecule has 0 radical (unpaired) electrons. The van der Waals surface area contributed by atoms with Crippen LogP contribution in [-0.2, 0) is 9.53 Å². The number of halogens is 1. The Bertz CT molecular complexity index is 1260. The zero-order valence-corrected chi connectivity index (χ0v) is 19.8. The molecule has 2 aromatic rings. The highest BCUT2D eigenvalue weighted by atomic mass is 19.1. The summed E-state index contributed by atoms with van der Waals surface area (Å²) in [6.07, 6.45) is 9.00. The van der Waals surface area contributed by atoms with Crippen LogP contribution in [0.15, 0.2) is 66.2 Å². The van der Waals surface area contributed by atoms with E-state index in [-0.39, 0.29) is 12.3 Å². The van der Waals surface area contributed by atoms with Gasteiger partial charge in [-0.25, -0.2) is 4.39 Å². The molecule has 6 nitrogen and oxygen atoms in total. The Morgan fingerprint density at radius 3 is 2.77 bits per heavy atom. The van der Waals surface area contributed by atoms with E-state index >= 15 is 0 Å². The molecule has 1 atom stereocenters. The number of amides is 1. The van der Waals surface area contributed by atoms with E-state index in [2.05, 4.69) is 21.3 Å². The van der Waals surface area contributed by atoms with Gasteiger partial charge in [0.2, 0.25) is 0 Å². The Labute approximate surface area is 204 Å². The smallest absolute Gasteiger partial charge is 0.255 e. The van der Waals surface area contributed by atoms with Gasteiger partial charge in [-0.1, -0.05) is 35.9 Å². The Kier molecular flexibility index (Phi) is 6.59. The summed E-state index contributed by atoms with van der Waals surface area (Å²) in [5, 5.41) is 11.3. The van der Waals surface area contributed by atoms with Gasteiger partial charge in [-0.3, -0.25) is 9.78 Å². The monoisotopic (exact) mass is 472 g/mol. The number of nitrogens with zero attached hydrogens (tertiary/aromatic N) is 2. The van der Waals surface area contributed by atoms with Crippen LogP contribution in [0.4, 0.5) is 10.1 Å². The maximum absolute atomic E-state index is 14.2. The number of fused-ring (bicyclic) bond motifs is 1. The van der Waals surface area contributed by atoms with Crippen molar-refractivity contribution in [3.05, 3.63) is 77.3 Å². The molecular weight excluding hydrogens is 443 g/mol. The van der Waals surface area contributed by atoms with Gasteiger partial charge in [0.25, 0.3) is 5.91 Å². The van der Waals surface area contributed by atoms with E-state index in [1.54, 1.807) is 12.2 Å². The minimum Gasteiger partial charge on any atom is -0.378 e. The first-order chi connectivity index (χ1) is 17.0. The average Bonchev–Trinajstić information content (AvgIpc) is 3.03. The number of alkyl halides is 1. The van der Waals surface area contributed by atoms with Crippen molar-refractivity contribution in [2.24, 2.45) is 0 Å². The maximum Gasteiger partial charge on any atom is 0.255 e. The molecule has 7 heteroatoms. The first-order valence-electron chi connectivity index (χ1n) is 12.0. The van der Waals surface area contributed by atoms with Crippen molar-refractivity contribution in [2.45, 2.75) is 32.4 Å². The summed E-state index contributed by atoms with van der Waals surface area (Å²) in [5.41, 5.74) is 6.91. The maximum atomic E-state index is 14.2. The van der Waals surface area contributed by atoms with Gasteiger partial charge in [0.1, 0.15) is 6.17 Å². The van der Waals surface area contributed by atoms with Crippen LogP contribution >= 0.6 is 0 Å². The topological polar surface area (TPSA) is 78.3 Å². The zero-order chi connectivity index (χ0) is 24.4. The van der Waals surface area contributed by atoms with Crippen LogP contribution in [0.1, 0.15) is 37.3 Å². The van der Waals surface area contributed by atoms with E-state index in [1.807, 2.05) is 43.6 Å². The molecule has 1 aliphatic heterocycles. The number of morpholine rings is 1. The fourth-order valence-corrected chi connectivity index (χ4v) is 4.76. The van der Waals surface area contributed by atoms with Gasteiger partial charge in [-0.2, -0.15) is 0 Å². The number of carbonyl (C=O) groups excluding carboxylic acids is 1. The number of anilines is 1. The lowest BCUT2D eigenvalue weighted by Gasteiger charge is -2.28. The Balaban J connectivity index is 1.43. The molecular formula is C28H29FN4O2. The largest absolute Gasteiger partial charge is 0.378 e.